The van der Waals surface area contributed by atoms with E-state index in [2.05, 4.69) is 16.4 Å². The monoisotopic (exact) mass is 539 g/mol. The van der Waals surface area contributed by atoms with Gasteiger partial charge < -0.3 is 24.8 Å². The number of aromatic nitrogens is 1. The molecule has 2 aromatic carbocycles. The highest BCUT2D eigenvalue weighted by atomic mass is 16.5. The van der Waals surface area contributed by atoms with Crippen molar-refractivity contribution in [2.75, 3.05) is 18.9 Å². The zero-order chi connectivity index (χ0) is 28.2. The smallest absolute Gasteiger partial charge is 0.270 e. The molecular weight excluding hydrogens is 506 g/mol. The van der Waals surface area contributed by atoms with Crippen molar-refractivity contribution in [3.63, 3.8) is 0 Å². The molecule has 1 spiro atoms. The molecule has 6 rings (SSSR count). The van der Waals surface area contributed by atoms with Crippen molar-refractivity contribution < 1.29 is 19.1 Å². The van der Waals surface area contributed by atoms with Crippen LogP contribution in [0.3, 0.4) is 0 Å². The number of carbonyl (C=O) groups is 3. The van der Waals surface area contributed by atoms with E-state index in [1.54, 1.807) is 13.1 Å². The second-order valence-electron chi connectivity index (χ2n) is 11.7. The minimum absolute atomic E-state index is 0.0950. The Labute approximate surface area is 233 Å². The first-order valence-corrected chi connectivity index (χ1v) is 13.9. The number of anilines is 1. The quantitative estimate of drug-likeness (QED) is 0.466. The lowest BCUT2D eigenvalue weighted by Crippen LogP contribution is -2.52. The Kier molecular flexibility index (Phi) is 6.29. The third-order valence-corrected chi connectivity index (χ3v) is 8.36. The summed E-state index contributed by atoms with van der Waals surface area (Å²) in [5.41, 5.74) is 1.70. The van der Waals surface area contributed by atoms with Gasteiger partial charge in [-0.05, 0) is 55.0 Å². The van der Waals surface area contributed by atoms with Gasteiger partial charge in [-0.1, -0.05) is 38.1 Å². The number of ether oxygens (including phenoxy) is 1. The fourth-order valence-corrected chi connectivity index (χ4v) is 6.09. The number of H-pyrrole nitrogens is 1. The SMILES string of the molecule is CC(C)C[C@@H](C(=O)N1C[C@]2(C[C@H]1C#N)C(=O)Nc1ccccc12)N(C)C(=O)c1cc2c(OC3CC3)cccc2[nH]1. The average molecular weight is 540 g/mol. The largest absolute Gasteiger partial charge is 0.490 e. The van der Waals surface area contributed by atoms with Gasteiger partial charge in [0.05, 0.1) is 17.6 Å². The van der Waals surface area contributed by atoms with E-state index in [0.717, 1.165) is 35.1 Å². The molecule has 9 nitrogen and oxygen atoms in total. The first kappa shape index (κ1) is 25.9. The molecule has 1 saturated heterocycles. The van der Waals surface area contributed by atoms with E-state index in [9.17, 15) is 19.6 Å². The molecule has 0 bridgehead atoms. The summed E-state index contributed by atoms with van der Waals surface area (Å²) in [6.07, 6.45) is 2.92. The summed E-state index contributed by atoms with van der Waals surface area (Å²) in [6, 6.07) is 15.6. The highest BCUT2D eigenvalue weighted by Crippen LogP contribution is 2.46. The maximum absolute atomic E-state index is 14.2. The van der Waals surface area contributed by atoms with Gasteiger partial charge in [0.15, 0.2) is 0 Å². The molecular formula is C31H33N5O4. The van der Waals surface area contributed by atoms with E-state index in [0.29, 0.717) is 17.8 Å². The maximum Gasteiger partial charge on any atom is 0.270 e. The van der Waals surface area contributed by atoms with E-state index in [-0.39, 0.29) is 42.7 Å². The van der Waals surface area contributed by atoms with E-state index in [1.165, 1.54) is 9.80 Å². The van der Waals surface area contributed by atoms with Crippen LogP contribution in [0.15, 0.2) is 48.5 Å². The van der Waals surface area contributed by atoms with Crippen molar-refractivity contribution in [3.8, 4) is 11.8 Å². The van der Waals surface area contributed by atoms with Gasteiger partial charge in [0.2, 0.25) is 11.8 Å². The fourth-order valence-electron chi connectivity index (χ4n) is 6.09. The van der Waals surface area contributed by atoms with Crippen molar-refractivity contribution in [1.29, 1.82) is 5.26 Å². The van der Waals surface area contributed by atoms with Gasteiger partial charge in [0.1, 0.15) is 23.5 Å². The molecule has 3 atom stereocenters. The number of carbonyl (C=O) groups excluding carboxylic acids is 3. The lowest BCUT2D eigenvalue weighted by atomic mass is 9.80. The predicted octanol–water partition coefficient (Wildman–Crippen LogP) is 4.21. The van der Waals surface area contributed by atoms with Gasteiger partial charge in [-0.3, -0.25) is 14.4 Å². The van der Waals surface area contributed by atoms with Gasteiger partial charge in [-0.25, -0.2) is 0 Å². The Hall–Kier alpha value is -4.32. The zero-order valence-electron chi connectivity index (χ0n) is 22.9. The molecule has 2 aliphatic heterocycles. The Morgan fingerprint density at radius 2 is 1.98 bits per heavy atom. The molecule has 2 N–H and O–H groups in total. The van der Waals surface area contributed by atoms with Crippen LogP contribution in [0.25, 0.3) is 10.9 Å². The van der Waals surface area contributed by atoms with Crippen molar-refractivity contribution >= 4 is 34.3 Å². The number of nitrogens with one attached hydrogen (secondary N) is 2. The minimum Gasteiger partial charge on any atom is -0.490 e. The molecule has 1 saturated carbocycles. The second-order valence-corrected chi connectivity index (χ2v) is 11.7. The molecule has 2 fully saturated rings. The summed E-state index contributed by atoms with van der Waals surface area (Å²) < 4.78 is 6.03. The van der Waals surface area contributed by atoms with E-state index < -0.39 is 17.5 Å². The lowest BCUT2D eigenvalue weighted by Gasteiger charge is -2.33. The van der Waals surface area contributed by atoms with Gasteiger partial charge >= 0.3 is 0 Å². The van der Waals surface area contributed by atoms with Crippen molar-refractivity contribution in [2.24, 2.45) is 5.92 Å². The van der Waals surface area contributed by atoms with E-state index in [1.807, 2.05) is 56.3 Å². The maximum atomic E-state index is 14.2. The number of likely N-dealkylation sites (tertiary alicyclic amines) is 1. The molecule has 3 amide bonds. The number of likely N-dealkylation sites (N-methyl/N-ethyl adjacent to an activating group) is 1. The summed E-state index contributed by atoms with van der Waals surface area (Å²) in [6.45, 7) is 4.09. The standard InChI is InChI=1S/C31H33N5O4/c1-18(2)13-26(35(3)28(37)25-14-21-23(33-25)9-6-10-27(21)40-20-11-12-20)29(38)36-17-31(15-19(36)16-32)22-7-4-5-8-24(22)34-30(31)39/h4-10,14,18-20,26,33H,11-13,15,17H2,1-3H3,(H,34,39)/t19-,26-,31-/m0/s1. The fraction of sp³-hybridized carbons (Fsp3) is 0.419. The van der Waals surface area contributed by atoms with E-state index in [4.69, 9.17) is 4.74 Å². The van der Waals surface area contributed by atoms with Crippen LogP contribution in [-0.4, -0.2) is 64.3 Å². The van der Waals surface area contributed by atoms with Crippen LogP contribution in [0.2, 0.25) is 0 Å². The van der Waals surface area contributed by atoms with Crippen molar-refractivity contribution in [1.82, 2.24) is 14.8 Å². The number of para-hydroxylation sites is 1. The highest BCUT2D eigenvalue weighted by molar-refractivity contribution is 6.07. The Morgan fingerprint density at radius 1 is 1.20 bits per heavy atom. The molecule has 0 radical (unpaired) electrons. The number of hydrogen-bond donors (Lipinski definition) is 2. The van der Waals surface area contributed by atoms with Crippen LogP contribution in [-0.2, 0) is 15.0 Å². The number of nitrogens with zero attached hydrogens (tertiary/aromatic N) is 3. The molecule has 3 heterocycles. The topological polar surface area (TPSA) is 119 Å². The Morgan fingerprint density at radius 3 is 2.70 bits per heavy atom. The number of fused-ring (bicyclic) bond motifs is 3. The average Bonchev–Trinajstić information content (AvgIpc) is 3.40. The molecule has 206 valence electrons. The molecule has 3 aromatic rings. The molecule has 1 aliphatic carbocycles. The number of amides is 3. The number of rotatable bonds is 7. The summed E-state index contributed by atoms with van der Waals surface area (Å²) in [5.74, 6) is 0.00882. The van der Waals surface area contributed by atoms with Crippen LogP contribution in [0, 0.1) is 17.2 Å². The summed E-state index contributed by atoms with van der Waals surface area (Å²) >= 11 is 0. The summed E-state index contributed by atoms with van der Waals surface area (Å²) in [7, 11) is 1.63. The van der Waals surface area contributed by atoms with Crippen LogP contribution in [0.1, 0.15) is 55.6 Å². The summed E-state index contributed by atoms with van der Waals surface area (Å²) in [5, 5.41) is 13.8. The second kappa shape index (κ2) is 9.70. The third-order valence-electron chi connectivity index (χ3n) is 8.36. The lowest BCUT2D eigenvalue weighted by molar-refractivity contribution is -0.136. The number of benzene rings is 2. The van der Waals surface area contributed by atoms with Gasteiger partial charge in [-0.2, -0.15) is 5.26 Å². The van der Waals surface area contributed by atoms with Crippen molar-refractivity contribution in [3.05, 3.63) is 59.8 Å². The van der Waals surface area contributed by atoms with Crippen molar-refractivity contribution in [2.45, 2.75) is 63.1 Å². The number of nitriles is 1. The highest BCUT2D eigenvalue weighted by Gasteiger charge is 2.56. The predicted molar refractivity (Wildman–Crippen MR) is 150 cm³/mol. The van der Waals surface area contributed by atoms with Gasteiger partial charge in [0, 0.05) is 36.6 Å². The van der Waals surface area contributed by atoms with E-state index >= 15 is 0 Å². The number of aromatic amines is 1. The molecule has 9 heteroatoms. The Bertz CT molecular complexity index is 1550. The van der Waals surface area contributed by atoms with Gasteiger partial charge in [0.25, 0.3) is 5.91 Å². The minimum atomic E-state index is -0.979. The van der Waals surface area contributed by atoms with Crippen LogP contribution >= 0.6 is 0 Å². The first-order chi connectivity index (χ1) is 19.2. The first-order valence-electron chi connectivity index (χ1n) is 13.9. The summed E-state index contributed by atoms with van der Waals surface area (Å²) in [4.78, 5) is 47.3. The molecule has 3 aliphatic rings. The van der Waals surface area contributed by atoms with Crippen LogP contribution in [0.4, 0.5) is 5.69 Å². The molecule has 40 heavy (non-hydrogen) atoms. The molecule has 0 unspecified atom stereocenters. The Balaban J connectivity index is 1.29. The third kappa shape index (κ3) is 4.28. The van der Waals surface area contributed by atoms with Crippen LogP contribution < -0.4 is 10.1 Å². The van der Waals surface area contributed by atoms with Gasteiger partial charge in [-0.15, -0.1) is 0 Å². The number of hydrogen-bond acceptors (Lipinski definition) is 5. The molecule has 1 aromatic heterocycles. The normalized spacial score (nSPS) is 22.3. The van der Waals surface area contributed by atoms with Crippen LogP contribution in [0.5, 0.6) is 5.75 Å². The zero-order valence-corrected chi connectivity index (χ0v) is 22.9.